The second-order valence-electron chi connectivity index (χ2n) is 8.09. The van der Waals surface area contributed by atoms with Crippen molar-refractivity contribution in [3.8, 4) is 11.5 Å². The number of rotatable bonds is 9. The van der Waals surface area contributed by atoms with Gasteiger partial charge in [0.1, 0.15) is 12.3 Å². The Morgan fingerprint density at radius 1 is 1.03 bits per heavy atom. The molecular weight excluding hydrogens is 567 g/mol. The average Bonchev–Trinajstić information content (AvgIpc) is 2.87. The highest BCUT2D eigenvalue weighted by atomic mass is 79.9. The molecule has 4 aromatic carbocycles. The van der Waals surface area contributed by atoms with Crippen LogP contribution in [0.2, 0.25) is 0 Å². The van der Waals surface area contributed by atoms with E-state index in [9.17, 15) is 23.3 Å². The molecule has 0 unspecified atom stereocenters. The van der Waals surface area contributed by atoms with Crippen molar-refractivity contribution in [3.63, 3.8) is 0 Å². The summed E-state index contributed by atoms with van der Waals surface area (Å²) in [6.07, 6.45) is -3.34. The van der Waals surface area contributed by atoms with Gasteiger partial charge in [0.25, 0.3) is 5.69 Å². The van der Waals surface area contributed by atoms with Crippen LogP contribution in [0.5, 0.6) is 11.5 Å². The third-order valence-corrected chi connectivity index (χ3v) is 6.04. The maximum atomic E-state index is 12.9. The van der Waals surface area contributed by atoms with E-state index in [1.807, 2.05) is 43.3 Å². The number of alkyl halides is 3. The maximum Gasteiger partial charge on any atom is 0.416 e. The SMILES string of the molecule is CCOc1cc(/C=N\Nc2ccc(C(F)(F)F)cc2[N+](=O)[O-])cc(Br)c1OCc1ccc2ccccc2c1. The Balaban J connectivity index is 1.52. The molecule has 0 saturated carbocycles. The number of nitro benzene ring substituents is 1. The fourth-order valence-corrected chi connectivity index (χ4v) is 4.25. The molecule has 38 heavy (non-hydrogen) atoms. The molecule has 196 valence electrons. The number of hydrogen-bond acceptors (Lipinski definition) is 6. The first-order chi connectivity index (χ1) is 18.2. The van der Waals surface area contributed by atoms with Crippen molar-refractivity contribution < 1.29 is 27.6 Å². The first-order valence-corrected chi connectivity index (χ1v) is 12.2. The Morgan fingerprint density at radius 2 is 1.79 bits per heavy atom. The van der Waals surface area contributed by atoms with Gasteiger partial charge in [-0.2, -0.15) is 18.3 Å². The largest absolute Gasteiger partial charge is 0.490 e. The van der Waals surface area contributed by atoms with E-state index in [1.54, 1.807) is 12.1 Å². The summed E-state index contributed by atoms with van der Waals surface area (Å²) in [5.74, 6) is 0.938. The first kappa shape index (κ1) is 26.9. The molecule has 7 nitrogen and oxygen atoms in total. The van der Waals surface area contributed by atoms with Crippen LogP contribution in [-0.4, -0.2) is 17.7 Å². The van der Waals surface area contributed by atoms with Crippen LogP contribution in [-0.2, 0) is 12.8 Å². The minimum atomic E-state index is -4.70. The summed E-state index contributed by atoms with van der Waals surface area (Å²) < 4.78 is 51.2. The fourth-order valence-electron chi connectivity index (χ4n) is 3.68. The summed E-state index contributed by atoms with van der Waals surface area (Å²) >= 11 is 3.49. The maximum absolute atomic E-state index is 12.9. The van der Waals surface area contributed by atoms with Gasteiger partial charge in [-0.1, -0.05) is 36.4 Å². The number of halogens is 4. The predicted molar refractivity (Wildman–Crippen MR) is 143 cm³/mol. The molecule has 11 heteroatoms. The number of anilines is 1. The number of hydrogen-bond donors (Lipinski definition) is 1. The number of nitro groups is 1. The van der Waals surface area contributed by atoms with Crippen molar-refractivity contribution in [1.82, 2.24) is 0 Å². The van der Waals surface area contributed by atoms with Crippen LogP contribution in [0.1, 0.15) is 23.6 Å². The molecule has 0 heterocycles. The monoisotopic (exact) mass is 587 g/mol. The molecule has 0 aliphatic carbocycles. The lowest BCUT2D eigenvalue weighted by atomic mass is 10.1. The van der Waals surface area contributed by atoms with Crippen molar-refractivity contribution in [1.29, 1.82) is 0 Å². The quantitative estimate of drug-likeness (QED) is 0.122. The molecular formula is C27H21BrF3N3O4. The standard InChI is InChI=1S/C27H21BrF3N3O4/c1-2-37-25-13-18(15-32-33-23-10-9-21(27(29,30)31)14-24(23)34(35)36)12-22(28)26(25)38-16-17-7-8-19-5-3-4-6-20(19)11-17/h3-15,33H,2,16H2,1H3/b32-15-. The van der Waals surface area contributed by atoms with Crippen molar-refractivity contribution in [3.05, 3.63) is 104 Å². The Hall–Kier alpha value is -4.12. The van der Waals surface area contributed by atoms with E-state index in [0.717, 1.165) is 28.5 Å². The Bertz CT molecular complexity index is 1510. The van der Waals surface area contributed by atoms with Gasteiger partial charge in [-0.05, 0) is 75.1 Å². The summed E-state index contributed by atoms with van der Waals surface area (Å²) in [4.78, 5) is 10.4. The number of nitrogens with zero attached hydrogens (tertiary/aromatic N) is 2. The lowest BCUT2D eigenvalue weighted by molar-refractivity contribution is -0.384. The lowest BCUT2D eigenvalue weighted by Crippen LogP contribution is -2.06. The Morgan fingerprint density at radius 3 is 2.50 bits per heavy atom. The number of ether oxygens (including phenoxy) is 2. The van der Waals surface area contributed by atoms with Gasteiger partial charge >= 0.3 is 6.18 Å². The van der Waals surface area contributed by atoms with Gasteiger partial charge in [-0.3, -0.25) is 15.5 Å². The van der Waals surface area contributed by atoms with Crippen molar-refractivity contribution in [2.75, 3.05) is 12.0 Å². The molecule has 0 spiro atoms. The van der Waals surface area contributed by atoms with E-state index >= 15 is 0 Å². The molecule has 0 amide bonds. The highest BCUT2D eigenvalue weighted by Gasteiger charge is 2.33. The van der Waals surface area contributed by atoms with E-state index in [0.29, 0.717) is 40.8 Å². The molecule has 0 aliphatic heterocycles. The summed E-state index contributed by atoms with van der Waals surface area (Å²) in [6.45, 7) is 2.50. The topological polar surface area (TPSA) is 86.0 Å². The Labute approximate surface area is 224 Å². The molecule has 0 aliphatic rings. The Kier molecular flexibility index (Phi) is 8.16. The van der Waals surface area contributed by atoms with Crippen LogP contribution in [0.15, 0.2) is 82.4 Å². The summed E-state index contributed by atoms with van der Waals surface area (Å²) in [6, 6.07) is 19.7. The molecule has 0 radical (unpaired) electrons. The van der Waals surface area contributed by atoms with Crippen LogP contribution < -0.4 is 14.9 Å². The van der Waals surface area contributed by atoms with Crippen molar-refractivity contribution in [2.45, 2.75) is 19.7 Å². The third-order valence-electron chi connectivity index (χ3n) is 5.45. The summed E-state index contributed by atoms with van der Waals surface area (Å²) in [5, 5.41) is 17.5. The van der Waals surface area contributed by atoms with Gasteiger partial charge in [-0.15, -0.1) is 0 Å². The van der Waals surface area contributed by atoms with Crippen LogP contribution in [0, 0.1) is 10.1 Å². The van der Waals surface area contributed by atoms with Crippen LogP contribution in [0.4, 0.5) is 24.5 Å². The molecule has 1 N–H and O–H groups in total. The minimum Gasteiger partial charge on any atom is -0.490 e. The fraction of sp³-hybridized carbons (Fsp3) is 0.148. The molecule has 0 fully saturated rings. The molecule has 0 bridgehead atoms. The van der Waals surface area contributed by atoms with Crippen LogP contribution in [0.3, 0.4) is 0 Å². The first-order valence-electron chi connectivity index (χ1n) is 11.4. The zero-order valence-corrected chi connectivity index (χ0v) is 21.5. The highest BCUT2D eigenvalue weighted by Crippen LogP contribution is 2.38. The molecule has 0 atom stereocenters. The van der Waals surface area contributed by atoms with Gasteiger partial charge in [0, 0.05) is 6.07 Å². The predicted octanol–water partition coefficient (Wildman–Crippen LogP) is 7.95. The highest BCUT2D eigenvalue weighted by molar-refractivity contribution is 9.10. The van der Waals surface area contributed by atoms with E-state index in [2.05, 4.69) is 32.5 Å². The smallest absolute Gasteiger partial charge is 0.416 e. The summed E-state index contributed by atoms with van der Waals surface area (Å²) in [5.41, 5.74) is 1.93. The number of nitrogens with one attached hydrogen (secondary N) is 1. The van der Waals surface area contributed by atoms with Crippen LogP contribution >= 0.6 is 15.9 Å². The molecule has 0 saturated heterocycles. The second-order valence-corrected chi connectivity index (χ2v) is 8.94. The van der Waals surface area contributed by atoms with Gasteiger partial charge < -0.3 is 9.47 Å². The van der Waals surface area contributed by atoms with Gasteiger partial charge in [0.05, 0.1) is 27.8 Å². The molecule has 4 rings (SSSR count). The zero-order valence-electron chi connectivity index (χ0n) is 20.0. The van der Waals surface area contributed by atoms with Crippen molar-refractivity contribution >= 4 is 44.3 Å². The number of benzene rings is 4. The zero-order chi connectivity index (χ0) is 27.3. The van der Waals surface area contributed by atoms with E-state index < -0.39 is 22.4 Å². The normalized spacial score (nSPS) is 11.6. The van der Waals surface area contributed by atoms with Gasteiger partial charge in [0.2, 0.25) is 0 Å². The third kappa shape index (κ3) is 6.41. The minimum absolute atomic E-state index is 0.182. The van der Waals surface area contributed by atoms with E-state index in [1.165, 1.54) is 6.21 Å². The van der Waals surface area contributed by atoms with E-state index in [-0.39, 0.29) is 5.69 Å². The van der Waals surface area contributed by atoms with E-state index in [4.69, 9.17) is 9.47 Å². The lowest BCUT2D eigenvalue weighted by Gasteiger charge is -2.15. The molecule has 4 aromatic rings. The second kappa shape index (κ2) is 11.5. The molecule has 0 aromatic heterocycles. The van der Waals surface area contributed by atoms with Gasteiger partial charge in [0.15, 0.2) is 11.5 Å². The van der Waals surface area contributed by atoms with Crippen LogP contribution in [0.25, 0.3) is 10.8 Å². The number of hydrazone groups is 1. The summed E-state index contributed by atoms with van der Waals surface area (Å²) in [7, 11) is 0. The number of fused-ring (bicyclic) bond motifs is 1. The van der Waals surface area contributed by atoms with Crippen molar-refractivity contribution in [2.24, 2.45) is 5.10 Å². The average molecular weight is 588 g/mol. The van der Waals surface area contributed by atoms with Gasteiger partial charge in [-0.25, -0.2) is 0 Å².